The van der Waals surface area contributed by atoms with Crippen LogP contribution in [0.25, 0.3) is 5.69 Å². The van der Waals surface area contributed by atoms with Crippen molar-refractivity contribution in [1.82, 2.24) is 30.3 Å². The van der Waals surface area contributed by atoms with Gasteiger partial charge in [-0.3, -0.25) is 4.79 Å². The van der Waals surface area contributed by atoms with Gasteiger partial charge < -0.3 is 15.0 Å². The number of anilines is 1. The zero-order valence-corrected chi connectivity index (χ0v) is 16.1. The number of carbonyl (C=O) groups excluding carboxylic acids is 1. The van der Waals surface area contributed by atoms with E-state index in [1.54, 1.807) is 29.9 Å². The number of piperazine rings is 1. The molecule has 1 fully saturated rings. The lowest BCUT2D eigenvalue weighted by Gasteiger charge is -2.27. The third kappa shape index (κ3) is 4.19. The molecular formula is C19H19F2N7O2. The van der Waals surface area contributed by atoms with Crippen LogP contribution < -0.4 is 15.0 Å². The van der Waals surface area contributed by atoms with E-state index in [9.17, 15) is 13.6 Å². The molecule has 0 atom stereocenters. The third-order valence-electron chi connectivity index (χ3n) is 4.68. The van der Waals surface area contributed by atoms with Crippen LogP contribution in [0.5, 0.6) is 5.88 Å². The summed E-state index contributed by atoms with van der Waals surface area (Å²) in [4.78, 5) is 21.9. The first-order chi connectivity index (χ1) is 14.5. The molecule has 1 saturated heterocycles. The molecule has 2 aromatic heterocycles. The maximum absolute atomic E-state index is 12.8. The van der Waals surface area contributed by atoms with E-state index in [0.29, 0.717) is 41.9 Å². The Morgan fingerprint density at radius 2 is 2.00 bits per heavy atom. The van der Waals surface area contributed by atoms with Crippen LogP contribution in [0.4, 0.5) is 14.6 Å². The highest BCUT2D eigenvalue weighted by atomic mass is 19.3. The van der Waals surface area contributed by atoms with Gasteiger partial charge in [-0.05, 0) is 19.1 Å². The summed E-state index contributed by atoms with van der Waals surface area (Å²) in [6, 6.07) is 5.82. The predicted molar refractivity (Wildman–Crippen MR) is 103 cm³/mol. The second kappa shape index (κ2) is 8.39. The standard InChI is InChI=1S/C19H19F2N7O2/c1-12-15(28(26-25-12)14-4-2-13(3-5-14)19(20)21)11-30-18-9-23-16(8-24-18)27-7-6-22-17(29)10-27/h2-5,8-9,19H,6-7,10-11H2,1H3,(H,22,29). The van der Waals surface area contributed by atoms with Crippen LogP contribution in [0.15, 0.2) is 36.7 Å². The van der Waals surface area contributed by atoms with E-state index in [2.05, 4.69) is 25.6 Å². The number of carbonyl (C=O) groups is 1. The number of hydrogen-bond acceptors (Lipinski definition) is 7. The third-order valence-corrected chi connectivity index (χ3v) is 4.68. The Morgan fingerprint density at radius 1 is 1.20 bits per heavy atom. The highest BCUT2D eigenvalue weighted by molar-refractivity contribution is 5.82. The van der Waals surface area contributed by atoms with Crippen molar-refractivity contribution in [1.29, 1.82) is 0 Å². The molecule has 1 aliphatic rings. The summed E-state index contributed by atoms with van der Waals surface area (Å²) < 4.78 is 32.8. The number of halogens is 2. The van der Waals surface area contributed by atoms with Gasteiger partial charge in [0, 0.05) is 18.7 Å². The van der Waals surface area contributed by atoms with Crippen molar-refractivity contribution >= 4 is 11.7 Å². The maximum atomic E-state index is 12.8. The number of nitrogens with one attached hydrogen (secondary N) is 1. The van der Waals surface area contributed by atoms with E-state index in [0.717, 1.165) is 0 Å². The first-order valence-corrected chi connectivity index (χ1v) is 9.27. The normalized spacial score (nSPS) is 14.1. The van der Waals surface area contributed by atoms with Crippen molar-refractivity contribution in [3.63, 3.8) is 0 Å². The maximum Gasteiger partial charge on any atom is 0.263 e. The van der Waals surface area contributed by atoms with Gasteiger partial charge in [0.25, 0.3) is 6.43 Å². The van der Waals surface area contributed by atoms with Gasteiger partial charge in [0.05, 0.1) is 30.3 Å². The topological polar surface area (TPSA) is 98.1 Å². The molecule has 0 bridgehead atoms. The summed E-state index contributed by atoms with van der Waals surface area (Å²) in [5, 5.41) is 10.9. The summed E-state index contributed by atoms with van der Waals surface area (Å²) in [6.45, 7) is 3.37. The number of amides is 1. The molecule has 0 aliphatic carbocycles. The average molecular weight is 415 g/mol. The fourth-order valence-corrected chi connectivity index (χ4v) is 3.03. The van der Waals surface area contributed by atoms with Gasteiger partial charge >= 0.3 is 0 Å². The van der Waals surface area contributed by atoms with Gasteiger partial charge in [-0.2, -0.15) is 0 Å². The van der Waals surface area contributed by atoms with Gasteiger partial charge in [0.15, 0.2) is 0 Å². The van der Waals surface area contributed by atoms with Crippen LogP contribution in [-0.2, 0) is 11.4 Å². The number of alkyl halides is 2. The molecule has 1 amide bonds. The number of rotatable bonds is 6. The Morgan fingerprint density at radius 3 is 2.67 bits per heavy atom. The first-order valence-electron chi connectivity index (χ1n) is 9.27. The molecule has 1 aliphatic heterocycles. The van der Waals surface area contributed by atoms with Crippen LogP contribution in [0, 0.1) is 6.92 Å². The molecule has 4 rings (SSSR count). The Hall–Kier alpha value is -3.63. The number of nitrogens with zero attached hydrogens (tertiary/aromatic N) is 6. The molecule has 0 spiro atoms. The first kappa shape index (κ1) is 19.7. The zero-order valence-electron chi connectivity index (χ0n) is 16.1. The molecule has 1 aromatic carbocycles. The summed E-state index contributed by atoms with van der Waals surface area (Å²) >= 11 is 0. The van der Waals surface area contributed by atoms with Crippen LogP contribution in [0.3, 0.4) is 0 Å². The van der Waals surface area contributed by atoms with Crippen molar-refractivity contribution in [3.8, 4) is 11.6 Å². The largest absolute Gasteiger partial charge is 0.470 e. The van der Waals surface area contributed by atoms with Gasteiger partial charge in [0.1, 0.15) is 18.1 Å². The summed E-state index contributed by atoms with van der Waals surface area (Å²) in [5.74, 6) is 0.848. The predicted octanol–water partition coefficient (Wildman–Crippen LogP) is 1.82. The van der Waals surface area contributed by atoms with E-state index in [1.807, 2.05) is 4.90 Å². The summed E-state index contributed by atoms with van der Waals surface area (Å²) in [6.07, 6.45) is 0.516. The van der Waals surface area contributed by atoms with E-state index in [-0.39, 0.29) is 24.6 Å². The molecule has 11 heteroatoms. The molecular weight excluding hydrogens is 396 g/mol. The second-order valence-electron chi connectivity index (χ2n) is 6.70. The average Bonchev–Trinajstić information content (AvgIpc) is 3.13. The van der Waals surface area contributed by atoms with Crippen LogP contribution >= 0.6 is 0 Å². The molecule has 0 saturated carbocycles. The summed E-state index contributed by atoms with van der Waals surface area (Å²) in [7, 11) is 0. The fourth-order valence-electron chi connectivity index (χ4n) is 3.03. The minimum absolute atomic E-state index is 0.0544. The Kier molecular flexibility index (Phi) is 5.50. The number of ether oxygens (including phenoxy) is 1. The summed E-state index contributed by atoms with van der Waals surface area (Å²) in [5.41, 5.74) is 1.86. The second-order valence-corrected chi connectivity index (χ2v) is 6.70. The monoisotopic (exact) mass is 415 g/mol. The smallest absolute Gasteiger partial charge is 0.263 e. The van der Waals surface area contributed by atoms with Crippen molar-refractivity contribution < 1.29 is 18.3 Å². The van der Waals surface area contributed by atoms with Crippen molar-refractivity contribution in [2.45, 2.75) is 20.0 Å². The molecule has 9 nitrogen and oxygen atoms in total. The van der Waals surface area contributed by atoms with E-state index in [4.69, 9.17) is 4.74 Å². The number of aryl methyl sites for hydroxylation is 1. The Labute approximate surface area is 170 Å². The minimum Gasteiger partial charge on any atom is -0.470 e. The van der Waals surface area contributed by atoms with Crippen LogP contribution in [-0.4, -0.2) is 50.5 Å². The van der Waals surface area contributed by atoms with Gasteiger partial charge in [-0.15, -0.1) is 5.10 Å². The highest BCUT2D eigenvalue weighted by Crippen LogP contribution is 2.21. The lowest BCUT2D eigenvalue weighted by atomic mass is 10.2. The van der Waals surface area contributed by atoms with Crippen molar-refractivity contribution in [2.75, 3.05) is 24.5 Å². The fraction of sp³-hybridized carbons (Fsp3) is 0.316. The molecule has 3 heterocycles. The zero-order chi connectivity index (χ0) is 21.1. The minimum atomic E-state index is -2.53. The molecule has 3 aromatic rings. The molecule has 1 N–H and O–H groups in total. The number of benzene rings is 1. The molecule has 156 valence electrons. The number of hydrogen-bond donors (Lipinski definition) is 1. The quantitative estimate of drug-likeness (QED) is 0.656. The van der Waals surface area contributed by atoms with Crippen molar-refractivity contribution in [2.24, 2.45) is 0 Å². The molecule has 0 unspecified atom stereocenters. The lowest BCUT2D eigenvalue weighted by Crippen LogP contribution is -2.48. The Balaban J connectivity index is 1.45. The van der Waals surface area contributed by atoms with Crippen LogP contribution in [0.2, 0.25) is 0 Å². The Bertz CT molecular complexity index is 1020. The SMILES string of the molecule is Cc1nnn(-c2ccc(C(F)F)cc2)c1COc1cnc(N2CCNC(=O)C2)cn1. The van der Waals surface area contributed by atoms with Gasteiger partial charge in [-0.25, -0.2) is 23.4 Å². The molecule has 0 radical (unpaired) electrons. The number of aromatic nitrogens is 5. The van der Waals surface area contributed by atoms with E-state index in [1.165, 1.54) is 18.3 Å². The van der Waals surface area contributed by atoms with E-state index >= 15 is 0 Å². The van der Waals surface area contributed by atoms with Gasteiger partial charge in [0.2, 0.25) is 11.8 Å². The lowest BCUT2D eigenvalue weighted by molar-refractivity contribution is -0.120. The van der Waals surface area contributed by atoms with Crippen LogP contribution in [0.1, 0.15) is 23.4 Å². The highest BCUT2D eigenvalue weighted by Gasteiger charge is 2.18. The molecule has 30 heavy (non-hydrogen) atoms. The van der Waals surface area contributed by atoms with E-state index < -0.39 is 6.43 Å². The van der Waals surface area contributed by atoms with Gasteiger partial charge in [-0.1, -0.05) is 17.3 Å². The van der Waals surface area contributed by atoms with Crippen molar-refractivity contribution in [3.05, 3.63) is 53.6 Å².